The van der Waals surface area contributed by atoms with Crippen molar-refractivity contribution in [3.05, 3.63) is 34.3 Å². The molecule has 3 unspecified atom stereocenters. The molecule has 1 fully saturated rings. The quantitative estimate of drug-likeness (QED) is 0.198. The molecule has 1 aliphatic carbocycles. The molecule has 0 aliphatic heterocycles. The van der Waals surface area contributed by atoms with Gasteiger partial charge in [0.2, 0.25) is 0 Å². The van der Waals surface area contributed by atoms with Crippen LogP contribution in [0.3, 0.4) is 0 Å². The van der Waals surface area contributed by atoms with E-state index < -0.39 is 27.2 Å². The van der Waals surface area contributed by atoms with Gasteiger partial charge in [-0.15, -0.1) is 0 Å². The molecule has 1 aliphatic rings. The van der Waals surface area contributed by atoms with Crippen molar-refractivity contribution in [3.8, 4) is 0 Å². The molecule has 1 saturated carbocycles. The van der Waals surface area contributed by atoms with Gasteiger partial charge in [-0.3, -0.25) is 4.79 Å². The zero-order valence-electron chi connectivity index (χ0n) is 23.5. The van der Waals surface area contributed by atoms with Crippen LogP contribution in [-0.4, -0.2) is 42.5 Å². The van der Waals surface area contributed by atoms with Crippen LogP contribution in [0.2, 0.25) is 5.02 Å². The molecule has 6 nitrogen and oxygen atoms in total. The Bertz CT molecular complexity index is 904. The van der Waals surface area contributed by atoms with Crippen molar-refractivity contribution in [2.75, 3.05) is 27.6 Å². The lowest BCUT2D eigenvalue weighted by molar-refractivity contribution is -0.155. The van der Waals surface area contributed by atoms with E-state index in [4.69, 9.17) is 25.8 Å². The van der Waals surface area contributed by atoms with Crippen LogP contribution >= 0.6 is 11.6 Å². The number of hydrogen-bond acceptors (Lipinski definition) is 5. The van der Waals surface area contributed by atoms with Crippen molar-refractivity contribution < 1.29 is 23.2 Å². The van der Waals surface area contributed by atoms with E-state index in [1.54, 1.807) is 7.11 Å². The van der Waals surface area contributed by atoms with Gasteiger partial charge in [0.05, 0.1) is 40.9 Å². The maximum absolute atomic E-state index is 13.4. The molecule has 0 saturated heterocycles. The van der Waals surface area contributed by atoms with Crippen molar-refractivity contribution in [1.82, 2.24) is 4.72 Å². The van der Waals surface area contributed by atoms with Crippen LogP contribution in [0.1, 0.15) is 78.9 Å². The molecule has 2 rings (SSSR count). The van der Waals surface area contributed by atoms with E-state index in [0.29, 0.717) is 17.5 Å². The molecule has 0 radical (unpaired) electrons. The Kier molecular flexibility index (Phi) is 11.0. The summed E-state index contributed by atoms with van der Waals surface area (Å²) in [4.78, 5) is 13.3. The predicted molar refractivity (Wildman–Crippen MR) is 147 cm³/mol. The molecule has 8 heteroatoms. The normalized spacial score (nSPS) is 21.8. The highest BCUT2D eigenvalue weighted by Crippen LogP contribution is 2.48. The molecule has 206 valence electrons. The van der Waals surface area contributed by atoms with Crippen LogP contribution in [0.5, 0.6) is 0 Å². The van der Waals surface area contributed by atoms with Crippen LogP contribution in [-0.2, 0) is 42.0 Å². The van der Waals surface area contributed by atoms with Crippen LogP contribution in [0.15, 0.2) is 18.2 Å². The van der Waals surface area contributed by atoms with Gasteiger partial charge in [0, 0.05) is 12.1 Å². The fourth-order valence-electron chi connectivity index (χ4n) is 4.75. The monoisotopic (exact) mass is 543 g/mol. The summed E-state index contributed by atoms with van der Waals surface area (Å²) in [5, 5.41) is 0.661. The van der Waals surface area contributed by atoms with E-state index in [0.717, 1.165) is 36.8 Å². The van der Waals surface area contributed by atoms with E-state index in [2.05, 4.69) is 25.5 Å². The molecular weight excluding hydrogens is 498 g/mol. The van der Waals surface area contributed by atoms with Gasteiger partial charge in [-0.1, -0.05) is 44.5 Å². The van der Waals surface area contributed by atoms with Gasteiger partial charge in [0.15, 0.2) is 0 Å². The first-order chi connectivity index (χ1) is 16.6. The lowest BCUT2D eigenvalue weighted by Crippen LogP contribution is -2.57. The second-order valence-electron chi connectivity index (χ2n) is 12.4. The molecule has 1 N–H and O–H groups in total. The molecule has 1 aromatic carbocycles. The minimum atomic E-state index is -1.42. The van der Waals surface area contributed by atoms with Gasteiger partial charge in [-0.05, 0) is 87.8 Å². The highest BCUT2D eigenvalue weighted by Gasteiger charge is 2.51. The van der Waals surface area contributed by atoms with Gasteiger partial charge < -0.3 is 14.2 Å². The molecular formula is C28H46ClNO5S. The van der Waals surface area contributed by atoms with Crippen molar-refractivity contribution in [3.63, 3.8) is 0 Å². The Morgan fingerprint density at radius 1 is 1.14 bits per heavy atom. The third-order valence-electron chi connectivity index (χ3n) is 7.03. The number of hydrogen-bond donors (Lipinski definition) is 1. The molecule has 0 amide bonds. The molecule has 36 heavy (non-hydrogen) atoms. The number of ether oxygens (including phenoxy) is 3. The first kappa shape index (κ1) is 31.2. The Morgan fingerprint density at radius 3 is 2.28 bits per heavy atom. The Labute approximate surface area is 225 Å². The zero-order valence-corrected chi connectivity index (χ0v) is 25.1. The lowest BCUT2D eigenvalue weighted by atomic mass is 9.62. The number of aryl methyl sites for hydroxylation is 1. The summed E-state index contributed by atoms with van der Waals surface area (Å²) in [5.41, 5.74) is 1.16. The number of benzene rings is 1. The summed E-state index contributed by atoms with van der Waals surface area (Å²) in [6, 6.07) is 5.99. The van der Waals surface area contributed by atoms with Crippen molar-refractivity contribution in [1.29, 1.82) is 0 Å². The van der Waals surface area contributed by atoms with E-state index in [1.807, 2.05) is 45.9 Å². The van der Waals surface area contributed by atoms with Crippen molar-refractivity contribution in [2.45, 2.75) is 84.4 Å². The summed E-state index contributed by atoms with van der Waals surface area (Å²) in [7, 11) is 1.59. The Morgan fingerprint density at radius 2 is 1.78 bits per heavy atom. The maximum Gasteiger partial charge on any atom is 0.311 e. The highest BCUT2D eigenvalue weighted by molar-refractivity contribution is 7.84. The number of halogens is 1. The lowest BCUT2D eigenvalue weighted by Gasteiger charge is -2.47. The fourth-order valence-corrected chi connectivity index (χ4v) is 5.96. The smallest absolute Gasteiger partial charge is 0.311 e. The van der Waals surface area contributed by atoms with Crippen LogP contribution in [0.4, 0.5) is 0 Å². The summed E-state index contributed by atoms with van der Waals surface area (Å²) in [6.07, 6.45) is 3.52. The number of methoxy groups -OCH3 is 2. The topological polar surface area (TPSA) is 73.9 Å². The Hall–Kier alpha value is -0.990. The van der Waals surface area contributed by atoms with E-state index in [1.165, 1.54) is 7.11 Å². The average molecular weight is 544 g/mol. The zero-order chi connectivity index (χ0) is 27.3. The average Bonchev–Trinajstić information content (AvgIpc) is 2.74. The molecule has 1 aromatic rings. The number of carbonyl (C=O) groups excluding carboxylic acids is 1. The number of carbonyl (C=O) groups is 1. The highest BCUT2D eigenvalue weighted by atomic mass is 35.5. The van der Waals surface area contributed by atoms with E-state index >= 15 is 0 Å². The second-order valence-corrected chi connectivity index (χ2v) is 14.8. The van der Waals surface area contributed by atoms with Gasteiger partial charge in [-0.2, -0.15) is 0 Å². The molecule has 0 spiro atoms. The van der Waals surface area contributed by atoms with Crippen LogP contribution < -0.4 is 4.72 Å². The summed E-state index contributed by atoms with van der Waals surface area (Å²) in [6.45, 7) is 15.2. The number of esters is 1. The largest absolute Gasteiger partial charge is 0.469 e. The number of rotatable bonds is 12. The predicted octanol–water partition coefficient (Wildman–Crippen LogP) is 6.02. The van der Waals surface area contributed by atoms with E-state index in [9.17, 15) is 9.00 Å². The maximum atomic E-state index is 13.4. The van der Waals surface area contributed by atoms with Crippen LogP contribution in [0.25, 0.3) is 0 Å². The standard InChI is InChI=1S/C28H46ClNO5S/c1-26(2,3)13-12-20-10-11-22(16-23(20)29)28(7,30-36(32)27(4,5)6)24(25(31)34-9)21-14-19(15-21)17-35-18-33-8/h10-11,16,19,21,24,30H,12-15,17-18H2,1-9H3. The first-order valence-corrected chi connectivity index (χ1v) is 14.3. The van der Waals surface area contributed by atoms with Gasteiger partial charge in [-0.25, -0.2) is 8.93 Å². The van der Waals surface area contributed by atoms with Crippen molar-refractivity contribution >= 4 is 28.6 Å². The van der Waals surface area contributed by atoms with Crippen LogP contribution in [0, 0.1) is 23.2 Å². The van der Waals surface area contributed by atoms with Crippen molar-refractivity contribution in [2.24, 2.45) is 23.2 Å². The van der Waals surface area contributed by atoms with Gasteiger partial charge >= 0.3 is 5.97 Å². The minimum Gasteiger partial charge on any atom is -0.469 e. The third-order valence-corrected chi connectivity index (χ3v) is 9.11. The molecule has 0 bridgehead atoms. The molecule has 0 heterocycles. The minimum absolute atomic E-state index is 0.0578. The third kappa shape index (κ3) is 8.26. The van der Waals surface area contributed by atoms with E-state index in [-0.39, 0.29) is 24.1 Å². The molecule has 0 aromatic heterocycles. The first-order valence-electron chi connectivity index (χ1n) is 12.8. The summed E-state index contributed by atoms with van der Waals surface area (Å²) >= 11 is 6.78. The summed E-state index contributed by atoms with van der Waals surface area (Å²) in [5.74, 6) is -0.450. The van der Waals surface area contributed by atoms with Gasteiger partial charge in [0.25, 0.3) is 0 Å². The summed E-state index contributed by atoms with van der Waals surface area (Å²) < 4.78 is 32.0. The molecule has 3 atom stereocenters. The van der Waals surface area contributed by atoms with Gasteiger partial charge in [0.1, 0.15) is 6.79 Å². The second kappa shape index (κ2) is 12.7. The SMILES string of the molecule is COCOCC1CC(C(C(=O)OC)C(C)(NS(=O)C(C)(C)C)c2ccc(CCC(C)(C)C)c(Cl)c2)C1. The Balaban J connectivity index is 2.43. The fraction of sp³-hybridized carbons (Fsp3) is 0.750. The number of nitrogens with one attached hydrogen (secondary N) is 1.